The van der Waals surface area contributed by atoms with Gasteiger partial charge in [0.05, 0.1) is 12.8 Å². The van der Waals surface area contributed by atoms with Crippen molar-refractivity contribution in [3.8, 4) is 22.9 Å². The summed E-state index contributed by atoms with van der Waals surface area (Å²) in [5, 5.41) is 11.8. The number of ether oxygens (including phenoxy) is 1. The van der Waals surface area contributed by atoms with E-state index in [-0.39, 0.29) is 5.88 Å². The first kappa shape index (κ1) is 20.2. The van der Waals surface area contributed by atoms with E-state index in [1.165, 1.54) is 11.8 Å². The fourth-order valence-corrected chi connectivity index (χ4v) is 4.41. The molecule has 0 aliphatic heterocycles. The van der Waals surface area contributed by atoms with Crippen LogP contribution in [0.5, 0.6) is 11.6 Å². The van der Waals surface area contributed by atoms with Crippen LogP contribution in [0.25, 0.3) is 16.9 Å². The normalized spacial score (nSPS) is 11.0. The first-order valence-electron chi connectivity index (χ1n) is 10.2. The Hall–Kier alpha value is -3.77. The number of hydrogen-bond donors (Lipinski definition) is 1. The van der Waals surface area contributed by atoms with Gasteiger partial charge >= 0.3 is 0 Å². The topological polar surface area (TPSA) is 59.7 Å². The van der Waals surface area contributed by atoms with Gasteiger partial charge in [-0.3, -0.25) is 4.40 Å². The maximum atomic E-state index is 11.0. The number of nitrogens with zero attached hydrogens (tertiary/aromatic N) is 3. The Morgan fingerprint density at radius 1 is 0.875 bits per heavy atom. The summed E-state index contributed by atoms with van der Waals surface area (Å²) in [6.07, 6.45) is 2.39. The summed E-state index contributed by atoms with van der Waals surface area (Å²) < 4.78 is 7.00. The van der Waals surface area contributed by atoms with E-state index < -0.39 is 0 Å². The number of aromatic nitrogens is 3. The minimum Gasteiger partial charge on any atom is -0.497 e. The van der Waals surface area contributed by atoms with Crippen LogP contribution in [0.1, 0.15) is 11.3 Å². The van der Waals surface area contributed by atoms with Crippen molar-refractivity contribution < 1.29 is 9.84 Å². The van der Waals surface area contributed by atoms with Crippen molar-refractivity contribution in [2.24, 2.45) is 0 Å². The van der Waals surface area contributed by atoms with Crippen LogP contribution in [0, 0.1) is 0 Å². The lowest BCUT2D eigenvalue weighted by molar-refractivity contribution is 0.414. The van der Waals surface area contributed by atoms with Gasteiger partial charge in [0.1, 0.15) is 16.5 Å². The third kappa shape index (κ3) is 4.05. The van der Waals surface area contributed by atoms with E-state index in [4.69, 9.17) is 14.7 Å². The summed E-state index contributed by atoms with van der Waals surface area (Å²) in [5.74, 6) is 0.939. The van der Waals surface area contributed by atoms with E-state index in [1.54, 1.807) is 11.5 Å². The Balaban J connectivity index is 1.62. The van der Waals surface area contributed by atoms with Crippen LogP contribution in [0.15, 0.2) is 101 Å². The zero-order chi connectivity index (χ0) is 21.9. The molecular formula is C26H21N3O2S. The Bertz CT molecular complexity index is 1350. The fraction of sp³-hybridized carbons (Fsp3) is 0.0769. The Morgan fingerprint density at radius 3 is 2.25 bits per heavy atom. The van der Waals surface area contributed by atoms with E-state index >= 15 is 0 Å². The molecule has 0 atom stereocenters. The number of hydrogen-bond acceptors (Lipinski definition) is 5. The molecule has 3 aromatic carbocycles. The van der Waals surface area contributed by atoms with Gasteiger partial charge in [0.15, 0.2) is 5.65 Å². The number of imidazole rings is 1. The Kier molecular flexibility index (Phi) is 5.52. The molecule has 0 saturated heterocycles. The SMILES string of the molecule is COc1ccc(Sc2nc(-c3ccccc3)cn3c(O)c(Cc4ccccc4)nc23)cc1. The first-order valence-corrected chi connectivity index (χ1v) is 11.0. The molecule has 0 bridgehead atoms. The fourth-order valence-electron chi connectivity index (χ4n) is 3.53. The van der Waals surface area contributed by atoms with Crippen molar-refractivity contribution in [1.82, 2.24) is 14.4 Å². The van der Waals surface area contributed by atoms with Crippen LogP contribution in [0.2, 0.25) is 0 Å². The Morgan fingerprint density at radius 2 is 1.56 bits per heavy atom. The summed E-state index contributed by atoms with van der Waals surface area (Å²) in [4.78, 5) is 10.7. The minimum atomic E-state index is 0.139. The monoisotopic (exact) mass is 439 g/mol. The molecule has 0 aliphatic carbocycles. The minimum absolute atomic E-state index is 0.139. The first-order chi connectivity index (χ1) is 15.7. The van der Waals surface area contributed by atoms with Crippen molar-refractivity contribution >= 4 is 17.4 Å². The molecule has 0 aliphatic rings. The molecule has 32 heavy (non-hydrogen) atoms. The van der Waals surface area contributed by atoms with Crippen LogP contribution >= 0.6 is 11.8 Å². The molecular weight excluding hydrogens is 418 g/mol. The lowest BCUT2D eigenvalue weighted by Crippen LogP contribution is -1.95. The summed E-state index contributed by atoms with van der Waals surface area (Å²) in [7, 11) is 1.65. The van der Waals surface area contributed by atoms with Crippen LogP contribution in [0.3, 0.4) is 0 Å². The molecule has 158 valence electrons. The van der Waals surface area contributed by atoms with Crippen LogP contribution in [-0.4, -0.2) is 26.6 Å². The average molecular weight is 440 g/mol. The van der Waals surface area contributed by atoms with Crippen molar-refractivity contribution in [3.63, 3.8) is 0 Å². The largest absolute Gasteiger partial charge is 0.497 e. The van der Waals surface area contributed by atoms with Gasteiger partial charge in [-0.05, 0) is 29.8 Å². The molecule has 0 amide bonds. The quantitative estimate of drug-likeness (QED) is 0.359. The van der Waals surface area contributed by atoms with Gasteiger partial charge in [-0.2, -0.15) is 0 Å². The molecule has 0 radical (unpaired) electrons. The highest BCUT2D eigenvalue weighted by Gasteiger charge is 2.18. The van der Waals surface area contributed by atoms with E-state index in [9.17, 15) is 5.11 Å². The number of fused-ring (bicyclic) bond motifs is 1. The molecule has 2 heterocycles. The lowest BCUT2D eigenvalue weighted by atomic mass is 10.1. The van der Waals surface area contributed by atoms with E-state index in [2.05, 4.69) is 0 Å². The standard InChI is InChI=1S/C26H21N3O2S/c1-31-20-12-14-21(15-13-20)32-25-24-27-22(16-18-8-4-2-5-9-18)26(30)29(24)17-23(28-25)19-10-6-3-7-11-19/h2-15,17,30H,16H2,1H3. The van der Waals surface area contributed by atoms with Crippen molar-refractivity contribution in [2.75, 3.05) is 7.11 Å². The molecule has 1 N–H and O–H groups in total. The van der Waals surface area contributed by atoms with Gasteiger partial charge in [-0.15, -0.1) is 0 Å². The second-order valence-corrected chi connectivity index (χ2v) is 8.38. The molecule has 5 nitrogen and oxygen atoms in total. The van der Waals surface area contributed by atoms with Crippen molar-refractivity contribution in [1.29, 1.82) is 0 Å². The number of aromatic hydroxyl groups is 1. The van der Waals surface area contributed by atoms with Crippen LogP contribution < -0.4 is 4.74 Å². The van der Waals surface area contributed by atoms with Gasteiger partial charge in [-0.25, -0.2) is 9.97 Å². The van der Waals surface area contributed by atoms with E-state index in [0.717, 1.165) is 32.5 Å². The van der Waals surface area contributed by atoms with Crippen molar-refractivity contribution in [3.05, 3.63) is 102 Å². The van der Waals surface area contributed by atoms with Gasteiger partial charge in [-0.1, -0.05) is 72.4 Å². The Labute approximate surface area is 190 Å². The second-order valence-electron chi connectivity index (χ2n) is 7.31. The molecule has 0 unspecified atom stereocenters. The van der Waals surface area contributed by atoms with Gasteiger partial charge in [0.2, 0.25) is 5.88 Å². The summed E-state index contributed by atoms with van der Waals surface area (Å²) in [6.45, 7) is 0. The second kappa shape index (κ2) is 8.77. The maximum Gasteiger partial charge on any atom is 0.219 e. The lowest BCUT2D eigenvalue weighted by Gasteiger charge is -2.08. The predicted molar refractivity (Wildman–Crippen MR) is 126 cm³/mol. The summed E-state index contributed by atoms with van der Waals surface area (Å²) in [5.41, 5.74) is 4.09. The molecule has 2 aromatic heterocycles. The molecule has 5 aromatic rings. The molecule has 0 fully saturated rings. The molecule has 6 heteroatoms. The highest BCUT2D eigenvalue weighted by molar-refractivity contribution is 7.99. The van der Waals surface area contributed by atoms with Crippen LogP contribution in [-0.2, 0) is 6.42 Å². The highest BCUT2D eigenvalue weighted by Crippen LogP contribution is 2.35. The predicted octanol–water partition coefficient (Wildman–Crippen LogP) is 5.85. The van der Waals surface area contributed by atoms with Crippen LogP contribution in [0.4, 0.5) is 0 Å². The van der Waals surface area contributed by atoms with E-state index in [1.807, 2.05) is 91.1 Å². The third-order valence-electron chi connectivity index (χ3n) is 5.18. The number of methoxy groups -OCH3 is 1. The molecule has 5 rings (SSSR count). The van der Waals surface area contributed by atoms with Crippen molar-refractivity contribution in [2.45, 2.75) is 16.3 Å². The zero-order valence-corrected chi connectivity index (χ0v) is 18.3. The zero-order valence-electron chi connectivity index (χ0n) is 17.5. The van der Waals surface area contributed by atoms with E-state index in [0.29, 0.717) is 17.8 Å². The highest BCUT2D eigenvalue weighted by atomic mass is 32.2. The maximum absolute atomic E-state index is 11.0. The number of rotatable bonds is 6. The average Bonchev–Trinajstić information content (AvgIpc) is 3.16. The smallest absolute Gasteiger partial charge is 0.219 e. The molecule has 0 saturated carbocycles. The van der Waals surface area contributed by atoms with Gasteiger partial charge < -0.3 is 9.84 Å². The summed E-state index contributed by atoms with van der Waals surface area (Å²) >= 11 is 1.51. The van der Waals surface area contributed by atoms with Gasteiger partial charge in [0, 0.05) is 23.1 Å². The number of benzene rings is 3. The molecule has 0 spiro atoms. The van der Waals surface area contributed by atoms with Gasteiger partial charge in [0.25, 0.3) is 0 Å². The third-order valence-corrected chi connectivity index (χ3v) is 6.15. The summed E-state index contributed by atoms with van der Waals surface area (Å²) in [6, 6.07) is 27.8.